The predicted octanol–water partition coefficient (Wildman–Crippen LogP) is 4.09. The Morgan fingerprint density at radius 2 is 1.83 bits per heavy atom. The number of carbonyl (C=O) groups is 1. The molecule has 0 aromatic heterocycles. The summed E-state index contributed by atoms with van der Waals surface area (Å²) in [6, 6.07) is 9.93. The molecule has 0 bridgehead atoms. The Morgan fingerprint density at radius 1 is 1.14 bits per heavy atom. The Labute approximate surface area is 169 Å². The molecule has 5 nitrogen and oxygen atoms in total. The van der Waals surface area contributed by atoms with E-state index >= 15 is 0 Å². The van der Waals surface area contributed by atoms with E-state index in [1.54, 1.807) is 25.1 Å². The number of nitrogens with zero attached hydrogens (tertiary/aromatic N) is 1. The molecule has 0 aliphatic carbocycles. The maximum atomic E-state index is 13.6. The molecule has 29 heavy (non-hydrogen) atoms. The van der Waals surface area contributed by atoms with Gasteiger partial charge in [0.15, 0.2) is 0 Å². The third-order valence-corrected chi connectivity index (χ3v) is 7.33. The molecule has 2 aromatic rings. The first-order valence-corrected chi connectivity index (χ1v) is 11.0. The molecule has 0 spiro atoms. The molecule has 0 saturated carbocycles. The summed E-state index contributed by atoms with van der Waals surface area (Å²) in [5, 5.41) is 2.45. The number of benzene rings is 2. The van der Waals surface area contributed by atoms with Crippen molar-refractivity contribution in [2.75, 3.05) is 18.4 Å². The van der Waals surface area contributed by atoms with E-state index in [0.29, 0.717) is 37.2 Å². The van der Waals surface area contributed by atoms with Crippen molar-refractivity contribution in [2.45, 2.75) is 37.5 Å². The first-order chi connectivity index (χ1) is 13.8. The lowest BCUT2D eigenvalue weighted by molar-refractivity contribution is -0.116. The zero-order valence-electron chi connectivity index (χ0n) is 16.2. The third-order valence-electron chi connectivity index (χ3n) is 5.27. The normalized spacial score (nSPS) is 16.0. The van der Waals surface area contributed by atoms with Gasteiger partial charge in [-0.15, -0.1) is 0 Å². The van der Waals surface area contributed by atoms with Gasteiger partial charge in [0.25, 0.3) is 0 Å². The smallest absolute Gasteiger partial charge is 0.243 e. The second-order valence-electron chi connectivity index (χ2n) is 7.32. The van der Waals surface area contributed by atoms with Gasteiger partial charge in [0.05, 0.1) is 10.6 Å². The molecule has 1 fully saturated rings. The van der Waals surface area contributed by atoms with Gasteiger partial charge in [0.2, 0.25) is 15.9 Å². The van der Waals surface area contributed by atoms with E-state index in [1.807, 2.05) is 6.07 Å². The van der Waals surface area contributed by atoms with Gasteiger partial charge in [0.1, 0.15) is 11.6 Å². The van der Waals surface area contributed by atoms with Crippen LogP contribution in [0.2, 0.25) is 0 Å². The van der Waals surface area contributed by atoms with Gasteiger partial charge in [0, 0.05) is 25.6 Å². The number of carbonyl (C=O) groups excluding carboxylic acids is 1. The molecule has 0 unspecified atom stereocenters. The van der Waals surface area contributed by atoms with Crippen molar-refractivity contribution in [1.82, 2.24) is 4.31 Å². The summed E-state index contributed by atoms with van der Waals surface area (Å²) in [5.74, 6) is -1.63. The van der Waals surface area contributed by atoms with Gasteiger partial charge in [-0.1, -0.05) is 18.2 Å². The number of hydrogen-bond acceptors (Lipinski definition) is 3. The number of hydrogen-bond donors (Lipinski definition) is 1. The summed E-state index contributed by atoms with van der Waals surface area (Å²) in [6.07, 6.45) is 2.13. The van der Waals surface area contributed by atoms with Crippen molar-refractivity contribution in [3.05, 3.63) is 59.7 Å². The number of nitrogens with one attached hydrogen (secondary N) is 1. The van der Waals surface area contributed by atoms with Crippen molar-refractivity contribution in [3.8, 4) is 0 Å². The topological polar surface area (TPSA) is 66.5 Å². The van der Waals surface area contributed by atoms with E-state index in [9.17, 15) is 22.0 Å². The number of aryl methyl sites for hydroxylation is 1. The highest BCUT2D eigenvalue weighted by atomic mass is 32.2. The Morgan fingerprint density at radius 3 is 2.48 bits per heavy atom. The number of amides is 1. The minimum absolute atomic E-state index is 0.0458. The van der Waals surface area contributed by atoms with Crippen LogP contribution in [0, 0.1) is 24.5 Å². The summed E-state index contributed by atoms with van der Waals surface area (Å²) in [5.41, 5.74) is 0.676. The molecule has 156 valence electrons. The van der Waals surface area contributed by atoms with Crippen molar-refractivity contribution in [1.29, 1.82) is 0 Å². The van der Waals surface area contributed by atoms with Gasteiger partial charge in [-0.3, -0.25) is 4.79 Å². The van der Waals surface area contributed by atoms with E-state index in [2.05, 4.69) is 5.32 Å². The van der Waals surface area contributed by atoms with Gasteiger partial charge >= 0.3 is 0 Å². The predicted molar refractivity (Wildman–Crippen MR) is 107 cm³/mol. The van der Waals surface area contributed by atoms with Crippen LogP contribution >= 0.6 is 0 Å². The molecule has 1 saturated heterocycles. The summed E-state index contributed by atoms with van der Waals surface area (Å²) < 4.78 is 53.7. The van der Waals surface area contributed by atoms with E-state index in [0.717, 1.165) is 17.7 Å². The lowest BCUT2D eigenvalue weighted by Crippen LogP contribution is -2.38. The highest BCUT2D eigenvalue weighted by molar-refractivity contribution is 7.89. The van der Waals surface area contributed by atoms with Crippen LogP contribution in [0.3, 0.4) is 0 Å². The van der Waals surface area contributed by atoms with Crippen LogP contribution in [-0.2, 0) is 14.8 Å². The number of halogens is 2. The van der Waals surface area contributed by atoms with Gasteiger partial charge < -0.3 is 5.32 Å². The standard InChI is InChI=1S/C21H24F2N2O3S/c1-15-4-2-3-5-20(15)29(27,28)25-12-10-16(11-13-25)6-9-21(26)24-19-8-7-17(22)14-18(19)23/h2-5,7-8,14,16H,6,9-13H2,1H3,(H,24,26). The van der Waals surface area contributed by atoms with Crippen LogP contribution < -0.4 is 5.32 Å². The Bertz CT molecular complexity index is 987. The van der Waals surface area contributed by atoms with Crippen molar-refractivity contribution in [3.63, 3.8) is 0 Å². The SMILES string of the molecule is Cc1ccccc1S(=O)(=O)N1CCC(CCC(=O)Nc2ccc(F)cc2F)CC1. The molecular formula is C21H24F2N2O3S. The number of sulfonamides is 1. The van der Waals surface area contributed by atoms with E-state index in [1.165, 1.54) is 10.4 Å². The third kappa shape index (κ3) is 5.19. The lowest BCUT2D eigenvalue weighted by atomic mass is 9.93. The minimum atomic E-state index is -3.51. The molecule has 3 rings (SSSR count). The second kappa shape index (κ2) is 9.00. The molecule has 8 heteroatoms. The zero-order chi connectivity index (χ0) is 21.0. The summed E-state index contributed by atoms with van der Waals surface area (Å²) >= 11 is 0. The van der Waals surface area contributed by atoms with Crippen LogP contribution in [0.4, 0.5) is 14.5 Å². The number of piperidine rings is 1. The number of anilines is 1. The molecule has 1 N–H and O–H groups in total. The maximum absolute atomic E-state index is 13.6. The Kier molecular flexibility index (Phi) is 6.64. The average molecular weight is 422 g/mol. The largest absolute Gasteiger partial charge is 0.324 e. The fraction of sp³-hybridized carbons (Fsp3) is 0.381. The van der Waals surface area contributed by atoms with E-state index < -0.39 is 21.7 Å². The van der Waals surface area contributed by atoms with Crippen LogP contribution in [0.1, 0.15) is 31.2 Å². The fourth-order valence-corrected chi connectivity index (χ4v) is 5.26. The highest BCUT2D eigenvalue weighted by Gasteiger charge is 2.30. The quantitative estimate of drug-likeness (QED) is 0.762. The van der Waals surface area contributed by atoms with E-state index in [-0.39, 0.29) is 23.9 Å². The van der Waals surface area contributed by atoms with Gasteiger partial charge in [-0.25, -0.2) is 17.2 Å². The minimum Gasteiger partial charge on any atom is -0.324 e. The zero-order valence-corrected chi connectivity index (χ0v) is 17.0. The van der Waals surface area contributed by atoms with Crippen LogP contribution in [0.25, 0.3) is 0 Å². The van der Waals surface area contributed by atoms with E-state index in [4.69, 9.17) is 0 Å². The summed E-state index contributed by atoms with van der Waals surface area (Å²) in [4.78, 5) is 12.4. The fourth-order valence-electron chi connectivity index (χ4n) is 3.56. The van der Waals surface area contributed by atoms with Gasteiger partial charge in [-0.05, 0) is 55.9 Å². The molecule has 2 aromatic carbocycles. The molecule has 1 aliphatic heterocycles. The lowest BCUT2D eigenvalue weighted by Gasteiger charge is -2.31. The summed E-state index contributed by atoms with van der Waals surface area (Å²) in [6.45, 7) is 2.60. The van der Waals surface area contributed by atoms with Crippen LogP contribution in [0.15, 0.2) is 47.4 Å². The second-order valence-corrected chi connectivity index (χ2v) is 9.23. The molecular weight excluding hydrogens is 398 g/mol. The average Bonchev–Trinajstić information content (AvgIpc) is 2.69. The molecule has 1 heterocycles. The van der Waals surface area contributed by atoms with Crippen LogP contribution in [-0.4, -0.2) is 31.7 Å². The monoisotopic (exact) mass is 422 g/mol. The highest BCUT2D eigenvalue weighted by Crippen LogP contribution is 2.28. The molecule has 1 amide bonds. The van der Waals surface area contributed by atoms with Gasteiger partial charge in [-0.2, -0.15) is 4.31 Å². The molecule has 0 atom stereocenters. The Balaban J connectivity index is 1.50. The van der Waals surface area contributed by atoms with Crippen molar-refractivity contribution < 1.29 is 22.0 Å². The van der Waals surface area contributed by atoms with Crippen molar-refractivity contribution >= 4 is 21.6 Å². The first-order valence-electron chi connectivity index (χ1n) is 9.58. The number of rotatable bonds is 6. The Hall–Kier alpha value is -2.32. The molecule has 1 aliphatic rings. The maximum Gasteiger partial charge on any atom is 0.243 e. The van der Waals surface area contributed by atoms with Crippen molar-refractivity contribution in [2.24, 2.45) is 5.92 Å². The molecule has 0 radical (unpaired) electrons. The summed E-state index contributed by atoms with van der Waals surface area (Å²) in [7, 11) is -3.51. The first kappa shape index (κ1) is 21.4. The van der Waals surface area contributed by atoms with Crippen LogP contribution in [0.5, 0.6) is 0 Å².